The van der Waals surface area contributed by atoms with Crippen molar-refractivity contribution < 1.29 is 4.79 Å². The Morgan fingerprint density at radius 3 is 2.42 bits per heavy atom. The largest absolute Gasteiger partial charge is 0.383 e. The molecule has 1 unspecified atom stereocenters. The number of amides is 1. The molecule has 1 aliphatic heterocycles. The van der Waals surface area contributed by atoms with Gasteiger partial charge in [-0.05, 0) is 49.9 Å². The number of carbonyl (C=O) groups excluding carboxylic acids is 1. The molecule has 1 aliphatic rings. The van der Waals surface area contributed by atoms with E-state index in [9.17, 15) is 4.79 Å². The summed E-state index contributed by atoms with van der Waals surface area (Å²) in [6.45, 7) is 7.54. The molecule has 2 rings (SSSR count). The molecule has 0 saturated carbocycles. The molecule has 1 N–H and O–H groups in total. The number of anilines is 2. The van der Waals surface area contributed by atoms with Gasteiger partial charge in [-0.25, -0.2) is 0 Å². The second kappa shape index (κ2) is 6.09. The number of benzene rings is 1. The predicted molar refractivity (Wildman–Crippen MR) is 80.6 cm³/mol. The van der Waals surface area contributed by atoms with Gasteiger partial charge in [-0.3, -0.25) is 4.79 Å². The minimum absolute atomic E-state index is 0.244. The Morgan fingerprint density at radius 1 is 1.21 bits per heavy atom. The number of nitrogens with one attached hydrogen (secondary N) is 1. The molecule has 1 amide bonds. The summed E-state index contributed by atoms with van der Waals surface area (Å²) in [5, 5.41) is 3.50. The first kappa shape index (κ1) is 13.9. The van der Waals surface area contributed by atoms with E-state index in [0.29, 0.717) is 18.4 Å². The van der Waals surface area contributed by atoms with E-state index in [4.69, 9.17) is 0 Å². The minimum atomic E-state index is 0.244. The normalized spacial score (nSPS) is 17.1. The quantitative estimate of drug-likeness (QED) is 0.876. The fourth-order valence-electron chi connectivity index (χ4n) is 2.71. The summed E-state index contributed by atoms with van der Waals surface area (Å²) in [6, 6.07) is 8.68. The first-order valence-corrected chi connectivity index (χ1v) is 7.23. The molecular formula is C16H24N2O. The number of hydrogen-bond donors (Lipinski definition) is 1. The van der Waals surface area contributed by atoms with Gasteiger partial charge in [-0.1, -0.05) is 13.8 Å². The molecule has 1 fully saturated rings. The van der Waals surface area contributed by atoms with Crippen LogP contribution in [0.3, 0.4) is 0 Å². The molecule has 1 aromatic rings. The summed E-state index contributed by atoms with van der Waals surface area (Å²) in [5.41, 5.74) is 2.15. The van der Waals surface area contributed by atoms with Crippen molar-refractivity contribution in [1.29, 1.82) is 0 Å². The van der Waals surface area contributed by atoms with Crippen LogP contribution >= 0.6 is 0 Å². The molecule has 3 nitrogen and oxygen atoms in total. The van der Waals surface area contributed by atoms with Crippen LogP contribution in [0.4, 0.5) is 11.4 Å². The third kappa shape index (κ3) is 3.72. The maximum Gasteiger partial charge on any atom is 0.227 e. The first-order valence-electron chi connectivity index (χ1n) is 7.23. The smallest absolute Gasteiger partial charge is 0.227 e. The number of nitrogens with zero attached hydrogens (tertiary/aromatic N) is 1. The highest BCUT2D eigenvalue weighted by Crippen LogP contribution is 2.23. The average molecular weight is 260 g/mol. The molecule has 3 heteroatoms. The van der Waals surface area contributed by atoms with Gasteiger partial charge in [-0.15, -0.1) is 0 Å². The second-order valence-electron chi connectivity index (χ2n) is 5.87. The lowest BCUT2D eigenvalue weighted by atomic mass is 10.1. The zero-order valence-corrected chi connectivity index (χ0v) is 12.1. The van der Waals surface area contributed by atoms with Gasteiger partial charge in [0.05, 0.1) is 0 Å². The zero-order valence-electron chi connectivity index (χ0n) is 12.1. The van der Waals surface area contributed by atoms with Gasteiger partial charge in [0.25, 0.3) is 0 Å². The van der Waals surface area contributed by atoms with Crippen LogP contribution in [0, 0.1) is 5.92 Å². The molecule has 1 atom stereocenters. The van der Waals surface area contributed by atoms with Crippen molar-refractivity contribution >= 4 is 17.3 Å². The van der Waals surface area contributed by atoms with E-state index in [1.807, 2.05) is 17.0 Å². The van der Waals surface area contributed by atoms with Crippen molar-refractivity contribution in [2.45, 2.75) is 46.1 Å². The van der Waals surface area contributed by atoms with Gasteiger partial charge in [0.15, 0.2) is 0 Å². The third-order valence-corrected chi connectivity index (χ3v) is 3.49. The van der Waals surface area contributed by atoms with E-state index >= 15 is 0 Å². The molecular weight excluding hydrogens is 236 g/mol. The lowest BCUT2D eigenvalue weighted by molar-refractivity contribution is -0.117. The summed E-state index contributed by atoms with van der Waals surface area (Å²) in [6.07, 6.45) is 2.82. The molecule has 1 saturated heterocycles. The molecule has 104 valence electrons. The molecule has 0 bridgehead atoms. The zero-order chi connectivity index (χ0) is 13.8. The topological polar surface area (TPSA) is 32.3 Å². The first-order chi connectivity index (χ1) is 9.06. The van der Waals surface area contributed by atoms with Crippen LogP contribution in [0.15, 0.2) is 24.3 Å². The Labute approximate surface area is 116 Å². The molecule has 19 heavy (non-hydrogen) atoms. The van der Waals surface area contributed by atoms with E-state index in [1.54, 1.807) is 0 Å². The van der Waals surface area contributed by atoms with Crippen LogP contribution < -0.4 is 10.2 Å². The van der Waals surface area contributed by atoms with Crippen LogP contribution in [-0.2, 0) is 4.79 Å². The Hall–Kier alpha value is -1.51. The standard InChI is InChI=1S/C16H24N2O/c1-12(2)11-13(3)17-14-6-8-15(9-7-14)18-10-4-5-16(18)19/h6-9,12-13,17H,4-5,10-11H2,1-3H3. The van der Waals surface area contributed by atoms with Crippen molar-refractivity contribution in [3.63, 3.8) is 0 Å². The van der Waals surface area contributed by atoms with Crippen LogP contribution in [-0.4, -0.2) is 18.5 Å². The van der Waals surface area contributed by atoms with E-state index in [-0.39, 0.29) is 5.91 Å². The van der Waals surface area contributed by atoms with Crippen LogP contribution in [0.2, 0.25) is 0 Å². The highest BCUT2D eigenvalue weighted by molar-refractivity contribution is 5.95. The fourth-order valence-corrected chi connectivity index (χ4v) is 2.71. The van der Waals surface area contributed by atoms with E-state index < -0.39 is 0 Å². The van der Waals surface area contributed by atoms with Gasteiger partial charge >= 0.3 is 0 Å². The Morgan fingerprint density at radius 2 is 1.89 bits per heavy atom. The molecule has 0 aliphatic carbocycles. The van der Waals surface area contributed by atoms with Gasteiger partial charge in [0.1, 0.15) is 0 Å². The van der Waals surface area contributed by atoms with Crippen molar-refractivity contribution in [2.24, 2.45) is 5.92 Å². The highest BCUT2D eigenvalue weighted by Gasteiger charge is 2.21. The molecule has 1 heterocycles. The summed E-state index contributed by atoms with van der Waals surface area (Å²) in [5.74, 6) is 0.942. The Bertz CT molecular complexity index is 425. The maximum absolute atomic E-state index is 11.7. The summed E-state index contributed by atoms with van der Waals surface area (Å²) in [7, 11) is 0. The Kier molecular flexibility index (Phi) is 4.46. The van der Waals surface area contributed by atoms with Crippen LogP contribution in [0.25, 0.3) is 0 Å². The lowest BCUT2D eigenvalue weighted by Gasteiger charge is -2.19. The van der Waals surface area contributed by atoms with Crippen molar-refractivity contribution in [3.05, 3.63) is 24.3 Å². The van der Waals surface area contributed by atoms with Crippen LogP contribution in [0.5, 0.6) is 0 Å². The lowest BCUT2D eigenvalue weighted by Crippen LogP contribution is -2.23. The maximum atomic E-state index is 11.7. The highest BCUT2D eigenvalue weighted by atomic mass is 16.2. The van der Waals surface area contributed by atoms with Crippen molar-refractivity contribution in [2.75, 3.05) is 16.8 Å². The number of carbonyl (C=O) groups is 1. The van der Waals surface area contributed by atoms with Gasteiger partial charge < -0.3 is 10.2 Å². The second-order valence-corrected chi connectivity index (χ2v) is 5.87. The molecule has 0 radical (unpaired) electrons. The predicted octanol–water partition coefficient (Wildman–Crippen LogP) is 3.66. The number of hydrogen-bond acceptors (Lipinski definition) is 2. The molecule has 0 spiro atoms. The van der Waals surface area contributed by atoms with Gasteiger partial charge in [0, 0.05) is 30.4 Å². The summed E-state index contributed by atoms with van der Waals surface area (Å²) in [4.78, 5) is 13.5. The molecule has 1 aromatic carbocycles. The summed E-state index contributed by atoms with van der Waals surface area (Å²) >= 11 is 0. The van der Waals surface area contributed by atoms with E-state index in [2.05, 4.69) is 38.2 Å². The van der Waals surface area contributed by atoms with E-state index in [1.165, 1.54) is 0 Å². The van der Waals surface area contributed by atoms with Gasteiger partial charge in [-0.2, -0.15) is 0 Å². The van der Waals surface area contributed by atoms with Crippen molar-refractivity contribution in [1.82, 2.24) is 0 Å². The SMILES string of the molecule is CC(C)CC(C)Nc1ccc(N2CCCC2=O)cc1. The van der Waals surface area contributed by atoms with Crippen molar-refractivity contribution in [3.8, 4) is 0 Å². The monoisotopic (exact) mass is 260 g/mol. The summed E-state index contributed by atoms with van der Waals surface area (Å²) < 4.78 is 0. The Balaban J connectivity index is 1.96. The molecule has 0 aromatic heterocycles. The van der Waals surface area contributed by atoms with Crippen LogP contribution in [0.1, 0.15) is 40.0 Å². The average Bonchev–Trinajstić information content (AvgIpc) is 2.75. The third-order valence-electron chi connectivity index (χ3n) is 3.49. The van der Waals surface area contributed by atoms with E-state index in [0.717, 1.165) is 30.8 Å². The number of rotatable bonds is 5. The minimum Gasteiger partial charge on any atom is -0.383 e. The fraction of sp³-hybridized carbons (Fsp3) is 0.562. The van der Waals surface area contributed by atoms with Gasteiger partial charge in [0.2, 0.25) is 5.91 Å².